The van der Waals surface area contributed by atoms with Crippen molar-refractivity contribution in [3.63, 3.8) is 0 Å². The zero-order valence-electron chi connectivity index (χ0n) is 12.8. The minimum atomic E-state index is -3.77. The zero-order valence-corrected chi connectivity index (χ0v) is 16.6. The third-order valence-electron chi connectivity index (χ3n) is 2.66. The van der Waals surface area contributed by atoms with Gasteiger partial charge in [-0.2, -0.15) is 0 Å². The number of benzene rings is 2. The predicted octanol–water partition coefficient (Wildman–Crippen LogP) is 3.09. The number of hydrogen-bond donors (Lipinski definition) is 0. The predicted molar refractivity (Wildman–Crippen MR) is 91.1 cm³/mol. The van der Waals surface area contributed by atoms with Crippen LogP contribution >= 0.6 is 0 Å². The summed E-state index contributed by atoms with van der Waals surface area (Å²) in [7, 11) is -7.54. The van der Waals surface area contributed by atoms with Gasteiger partial charge in [0.15, 0.2) is 0 Å². The van der Waals surface area contributed by atoms with Gasteiger partial charge < -0.3 is 10.3 Å². The van der Waals surface area contributed by atoms with Gasteiger partial charge in [-0.05, 0) is 38.1 Å². The second-order valence-electron chi connectivity index (χ2n) is 4.63. The normalized spacial score (nSPS) is 11.0. The van der Waals surface area contributed by atoms with Gasteiger partial charge in [0, 0.05) is 9.79 Å². The molecule has 0 spiro atoms. The van der Waals surface area contributed by atoms with Crippen molar-refractivity contribution in [3.05, 3.63) is 69.9 Å². The summed E-state index contributed by atoms with van der Waals surface area (Å²) in [5.74, 6) is 0. The number of sulfonamides is 2. The largest absolute Gasteiger partial charge is 2.00 e. The van der Waals surface area contributed by atoms with Gasteiger partial charge in [-0.25, -0.2) is 16.8 Å². The van der Waals surface area contributed by atoms with Crippen LogP contribution in [0.4, 0.5) is 0 Å². The Morgan fingerprint density at radius 2 is 0.826 bits per heavy atom. The fourth-order valence-corrected chi connectivity index (χ4v) is 2.42. The van der Waals surface area contributed by atoms with Crippen LogP contribution in [-0.2, 0) is 20.0 Å². The van der Waals surface area contributed by atoms with Gasteiger partial charge >= 0.3 is 37.7 Å². The smallest absolute Gasteiger partial charge is 0.560 e. The first kappa shape index (κ1) is 22.5. The van der Waals surface area contributed by atoms with Gasteiger partial charge in [0.25, 0.3) is 0 Å². The standard InChI is InChI=1S/2C7H8NO2S.Ca/c2*1-6-2-4-7(5-3-6)11(8,9)10;/h2*2-5H,1H3,(H-,8,9,10);/q2*-1;+2. The molecular formula is C14H16CaN2O4S2. The Balaban J connectivity index is 0.000000403. The van der Waals surface area contributed by atoms with Gasteiger partial charge in [-0.3, -0.25) is 0 Å². The first-order chi connectivity index (χ1) is 10.00. The molecule has 0 saturated heterocycles. The van der Waals surface area contributed by atoms with Gasteiger partial charge in [-0.15, -0.1) is 0 Å². The van der Waals surface area contributed by atoms with Crippen LogP contribution in [0, 0.1) is 13.8 Å². The molecular weight excluding hydrogens is 364 g/mol. The van der Waals surface area contributed by atoms with Gasteiger partial charge in [0.2, 0.25) is 0 Å². The maximum atomic E-state index is 10.6. The van der Waals surface area contributed by atoms with E-state index in [4.69, 9.17) is 10.3 Å². The molecule has 120 valence electrons. The van der Waals surface area contributed by atoms with Crippen LogP contribution in [0.5, 0.6) is 0 Å². The van der Waals surface area contributed by atoms with Crippen LogP contribution in [0.3, 0.4) is 0 Å². The zero-order chi connectivity index (χ0) is 17.0. The van der Waals surface area contributed by atoms with Crippen LogP contribution in [0.2, 0.25) is 0 Å². The van der Waals surface area contributed by atoms with Crippen molar-refractivity contribution in [1.29, 1.82) is 0 Å². The molecule has 0 aliphatic rings. The molecule has 6 nitrogen and oxygen atoms in total. The molecule has 0 saturated carbocycles. The Morgan fingerprint density at radius 3 is 1.00 bits per heavy atom. The van der Waals surface area contributed by atoms with Crippen molar-refractivity contribution in [2.24, 2.45) is 0 Å². The van der Waals surface area contributed by atoms with E-state index in [1.54, 1.807) is 24.3 Å². The molecule has 2 aromatic rings. The van der Waals surface area contributed by atoms with Crippen LogP contribution in [-0.4, -0.2) is 54.6 Å². The molecule has 2 aromatic carbocycles. The topological polar surface area (TPSA) is 116 Å². The molecule has 0 amide bonds. The number of rotatable bonds is 2. The minimum Gasteiger partial charge on any atom is -0.560 e. The molecule has 9 heteroatoms. The van der Waals surface area contributed by atoms with Crippen LogP contribution in [0.1, 0.15) is 11.1 Å². The van der Waals surface area contributed by atoms with Crippen molar-refractivity contribution in [2.75, 3.05) is 0 Å². The van der Waals surface area contributed by atoms with Gasteiger partial charge in [0.1, 0.15) is 0 Å². The van der Waals surface area contributed by atoms with Gasteiger partial charge in [0.05, 0.1) is 20.0 Å². The van der Waals surface area contributed by atoms with E-state index >= 15 is 0 Å². The number of nitrogens with one attached hydrogen (secondary N) is 2. The molecule has 0 fully saturated rings. The van der Waals surface area contributed by atoms with Crippen LogP contribution in [0.25, 0.3) is 10.3 Å². The quantitative estimate of drug-likeness (QED) is 0.744. The molecule has 0 aliphatic carbocycles. The van der Waals surface area contributed by atoms with E-state index in [0.717, 1.165) is 11.1 Å². The van der Waals surface area contributed by atoms with E-state index in [2.05, 4.69) is 0 Å². The monoisotopic (exact) mass is 380 g/mol. The molecule has 0 heterocycles. The van der Waals surface area contributed by atoms with Gasteiger partial charge in [-0.1, -0.05) is 35.4 Å². The summed E-state index contributed by atoms with van der Waals surface area (Å²) >= 11 is 0. The van der Waals surface area contributed by atoms with Crippen molar-refractivity contribution < 1.29 is 16.8 Å². The third-order valence-corrected chi connectivity index (χ3v) is 4.45. The number of hydrogen-bond acceptors (Lipinski definition) is 4. The van der Waals surface area contributed by atoms with E-state index in [-0.39, 0.29) is 47.5 Å². The van der Waals surface area contributed by atoms with Crippen molar-refractivity contribution in [2.45, 2.75) is 23.6 Å². The Labute approximate surface area is 167 Å². The first-order valence-corrected chi connectivity index (χ1v) is 9.09. The minimum absolute atomic E-state index is 0. The average molecular weight is 381 g/mol. The summed E-state index contributed by atoms with van der Waals surface area (Å²) in [6.07, 6.45) is 0. The summed E-state index contributed by atoms with van der Waals surface area (Å²) in [6, 6.07) is 12.4. The van der Waals surface area contributed by atoms with Crippen LogP contribution in [0.15, 0.2) is 58.3 Å². The molecule has 2 rings (SSSR count). The SMILES string of the molecule is Cc1ccc(S([NH-])(=O)=O)cc1.Cc1ccc(S([NH-])(=O)=O)cc1.[Ca+2]. The van der Waals surface area contributed by atoms with E-state index in [9.17, 15) is 16.8 Å². The Hall–Kier alpha value is -0.480. The third kappa shape index (κ3) is 8.25. The van der Waals surface area contributed by atoms with Crippen molar-refractivity contribution in [3.8, 4) is 0 Å². The second kappa shape index (κ2) is 9.12. The Kier molecular flexibility index (Phi) is 8.93. The second-order valence-corrected chi connectivity index (χ2v) is 7.59. The fraction of sp³-hybridized carbons (Fsp3) is 0.143. The molecule has 0 atom stereocenters. The van der Waals surface area contributed by atoms with E-state index in [1.807, 2.05) is 13.8 Å². The van der Waals surface area contributed by atoms with Crippen LogP contribution < -0.4 is 0 Å². The number of aryl methyl sites for hydroxylation is 2. The molecule has 23 heavy (non-hydrogen) atoms. The fourth-order valence-electron chi connectivity index (χ4n) is 1.43. The maximum Gasteiger partial charge on any atom is 2.00 e. The Bertz CT molecular complexity index is 758. The van der Waals surface area contributed by atoms with E-state index < -0.39 is 20.0 Å². The first-order valence-electron chi connectivity index (χ1n) is 6.13. The van der Waals surface area contributed by atoms with Crippen molar-refractivity contribution in [1.82, 2.24) is 0 Å². The molecule has 0 radical (unpaired) electrons. The van der Waals surface area contributed by atoms with E-state index in [1.165, 1.54) is 24.3 Å². The Morgan fingerprint density at radius 1 is 0.609 bits per heavy atom. The molecule has 0 bridgehead atoms. The van der Waals surface area contributed by atoms with Crippen molar-refractivity contribution >= 4 is 57.8 Å². The molecule has 0 unspecified atom stereocenters. The summed E-state index contributed by atoms with van der Waals surface area (Å²) in [5.41, 5.74) is 1.97. The maximum absolute atomic E-state index is 10.6. The van der Waals surface area contributed by atoms with E-state index in [0.29, 0.717) is 0 Å². The molecule has 0 aliphatic heterocycles. The average Bonchev–Trinajstić information content (AvgIpc) is 2.38. The summed E-state index contributed by atoms with van der Waals surface area (Å²) in [4.78, 5) is 0.0891. The summed E-state index contributed by atoms with van der Waals surface area (Å²) in [5, 5.41) is 13.4. The summed E-state index contributed by atoms with van der Waals surface area (Å²) in [6.45, 7) is 3.72. The molecule has 2 N–H and O–H groups in total. The summed E-state index contributed by atoms with van der Waals surface area (Å²) < 4.78 is 42.4. The molecule has 0 aromatic heterocycles.